The highest BCUT2D eigenvalue weighted by Gasteiger charge is 2.24. The summed E-state index contributed by atoms with van der Waals surface area (Å²) in [6, 6.07) is 12.4. The number of nitrogens with one attached hydrogen (secondary N) is 1. The highest BCUT2D eigenvalue weighted by molar-refractivity contribution is 7.89. The van der Waals surface area contributed by atoms with Crippen LogP contribution in [0.5, 0.6) is 0 Å². The van der Waals surface area contributed by atoms with Crippen LogP contribution in [0.25, 0.3) is 0 Å². The van der Waals surface area contributed by atoms with Gasteiger partial charge in [0.15, 0.2) is 0 Å². The molecule has 0 saturated heterocycles. The van der Waals surface area contributed by atoms with E-state index in [1.165, 1.54) is 10.4 Å². The predicted molar refractivity (Wildman–Crippen MR) is 114 cm³/mol. The molecule has 0 aliphatic rings. The molecule has 0 aliphatic heterocycles. The summed E-state index contributed by atoms with van der Waals surface area (Å²) in [5.41, 5.74) is 2.80. The maximum absolute atomic E-state index is 12.9. The third-order valence-corrected chi connectivity index (χ3v) is 6.97. The number of sulfonamides is 1. The summed E-state index contributed by atoms with van der Waals surface area (Å²) >= 11 is 0. The van der Waals surface area contributed by atoms with Crippen LogP contribution < -0.4 is 5.32 Å². The first-order valence-corrected chi connectivity index (χ1v) is 11.0. The molecule has 2 aromatic rings. The number of hydrogen-bond acceptors (Lipinski definition) is 3. The van der Waals surface area contributed by atoms with Gasteiger partial charge in [-0.3, -0.25) is 4.79 Å². The van der Waals surface area contributed by atoms with E-state index in [0.29, 0.717) is 29.9 Å². The quantitative estimate of drug-likeness (QED) is 0.769. The number of amides is 1. The third-order valence-electron chi connectivity index (χ3n) is 4.78. The molecular weight excluding hydrogens is 372 g/mol. The van der Waals surface area contributed by atoms with Crippen LogP contribution in [-0.4, -0.2) is 31.7 Å². The molecule has 0 aliphatic carbocycles. The summed E-state index contributed by atoms with van der Waals surface area (Å²) in [5.74, 6) is -0.268. The number of anilines is 1. The molecule has 6 heteroatoms. The van der Waals surface area contributed by atoms with Crippen LogP contribution in [0.4, 0.5) is 5.69 Å². The third kappa shape index (κ3) is 4.80. The van der Waals surface area contributed by atoms with Gasteiger partial charge in [0.05, 0.1) is 4.90 Å². The minimum Gasteiger partial charge on any atom is -0.322 e. The molecule has 1 N–H and O–H groups in total. The lowest BCUT2D eigenvalue weighted by Crippen LogP contribution is -2.31. The zero-order chi connectivity index (χ0) is 21.1. The molecule has 2 rings (SSSR count). The van der Waals surface area contributed by atoms with Crippen molar-refractivity contribution in [3.05, 3.63) is 59.2 Å². The minimum absolute atomic E-state index is 0.0135. The fraction of sp³-hybridized carbons (Fsp3) is 0.409. The summed E-state index contributed by atoms with van der Waals surface area (Å²) in [5, 5.41) is 2.81. The van der Waals surface area contributed by atoms with E-state index in [1.54, 1.807) is 31.2 Å². The summed E-state index contributed by atoms with van der Waals surface area (Å²) in [6.45, 7) is 12.5. The van der Waals surface area contributed by atoms with Crippen molar-refractivity contribution in [3.63, 3.8) is 0 Å². The molecular formula is C22H30N2O3S. The van der Waals surface area contributed by atoms with Gasteiger partial charge in [-0.1, -0.05) is 52.8 Å². The molecule has 0 saturated carbocycles. The monoisotopic (exact) mass is 402 g/mol. The first kappa shape index (κ1) is 22.1. The highest BCUT2D eigenvalue weighted by Crippen LogP contribution is 2.25. The van der Waals surface area contributed by atoms with Crippen LogP contribution in [-0.2, 0) is 15.4 Å². The number of hydrogen-bond donors (Lipinski definition) is 1. The molecule has 152 valence electrons. The maximum atomic E-state index is 12.9. The van der Waals surface area contributed by atoms with Crippen molar-refractivity contribution in [1.82, 2.24) is 4.31 Å². The normalized spacial score (nSPS) is 12.2. The van der Waals surface area contributed by atoms with Gasteiger partial charge >= 0.3 is 0 Å². The van der Waals surface area contributed by atoms with Gasteiger partial charge in [0.1, 0.15) is 0 Å². The van der Waals surface area contributed by atoms with Crippen LogP contribution in [0.3, 0.4) is 0 Å². The molecule has 28 heavy (non-hydrogen) atoms. The molecule has 0 aromatic heterocycles. The standard InChI is InChI=1S/C22H30N2O3S/c1-7-24(8-2)28(26,27)20-15-19(14-9-16(20)3)23-21(25)17-10-12-18(13-11-17)22(4,5)6/h9-15H,7-8H2,1-6H3,(H,23,25). The Balaban J connectivity index is 2.29. The van der Waals surface area contributed by atoms with Crippen molar-refractivity contribution >= 4 is 21.6 Å². The van der Waals surface area contributed by atoms with Crippen molar-refractivity contribution in [2.24, 2.45) is 0 Å². The minimum atomic E-state index is -3.59. The summed E-state index contributed by atoms with van der Waals surface area (Å²) in [6.07, 6.45) is 0. The Morgan fingerprint density at radius 3 is 2.07 bits per heavy atom. The number of rotatable bonds is 6. The Bertz CT molecular complexity index is 939. The Morgan fingerprint density at radius 1 is 1.00 bits per heavy atom. The molecule has 0 fully saturated rings. The number of benzene rings is 2. The molecule has 2 aromatic carbocycles. The second kappa shape index (κ2) is 8.45. The number of carbonyl (C=O) groups excluding carboxylic acids is 1. The van der Waals surface area contributed by atoms with Crippen molar-refractivity contribution in [1.29, 1.82) is 0 Å². The van der Waals surface area contributed by atoms with Gasteiger partial charge in [-0.15, -0.1) is 0 Å². The topological polar surface area (TPSA) is 66.5 Å². The van der Waals surface area contributed by atoms with E-state index >= 15 is 0 Å². The molecule has 5 nitrogen and oxygen atoms in total. The van der Waals surface area contributed by atoms with Crippen molar-refractivity contribution in [2.75, 3.05) is 18.4 Å². The van der Waals surface area contributed by atoms with Crippen LogP contribution in [0.2, 0.25) is 0 Å². The highest BCUT2D eigenvalue weighted by atomic mass is 32.2. The molecule has 0 heterocycles. The lowest BCUT2D eigenvalue weighted by atomic mass is 9.87. The number of aryl methyl sites for hydroxylation is 1. The molecule has 0 spiro atoms. The second-order valence-corrected chi connectivity index (χ2v) is 9.76. The maximum Gasteiger partial charge on any atom is 0.255 e. The van der Waals surface area contributed by atoms with E-state index < -0.39 is 10.0 Å². The Hall–Kier alpha value is -2.18. The van der Waals surface area contributed by atoms with Crippen molar-refractivity contribution < 1.29 is 13.2 Å². The molecule has 0 unspecified atom stereocenters. The average Bonchev–Trinajstić information content (AvgIpc) is 2.63. The van der Waals surface area contributed by atoms with Crippen molar-refractivity contribution in [2.45, 2.75) is 51.9 Å². The zero-order valence-electron chi connectivity index (χ0n) is 17.5. The van der Waals surface area contributed by atoms with Crippen LogP contribution in [0.1, 0.15) is 56.1 Å². The smallest absolute Gasteiger partial charge is 0.255 e. The Labute approximate surface area is 168 Å². The predicted octanol–water partition coefficient (Wildman–Crippen LogP) is 4.58. The molecule has 1 amide bonds. The van der Waals surface area contributed by atoms with Crippen molar-refractivity contribution in [3.8, 4) is 0 Å². The van der Waals surface area contributed by atoms with Crippen LogP contribution >= 0.6 is 0 Å². The lowest BCUT2D eigenvalue weighted by molar-refractivity contribution is 0.102. The Morgan fingerprint density at radius 2 is 1.57 bits per heavy atom. The SMILES string of the molecule is CCN(CC)S(=O)(=O)c1cc(NC(=O)c2ccc(C(C)(C)C)cc2)ccc1C. The molecule has 0 bridgehead atoms. The van der Waals surface area contributed by atoms with Gasteiger partial charge in [0.2, 0.25) is 10.0 Å². The van der Waals surface area contributed by atoms with E-state index in [-0.39, 0.29) is 16.2 Å². The van der Waals surface area contributed by atoms with E-state index in [4.69, 9.17) is 0 Å². The second-order valence-electron chi connectivity index (χ2n) is 7.85. The fourth-order valence-corrected chi connectivity index (χ4v) is 4.69. The van der Waals surface area contributed by atoms with Gasteiger partial charge in [-0.2, -0.15) is 4.31 Å². The molecule has 0 atom stereocenters. The fourth-order valence-electron chi connectivity index (χ4n) is 2.98. The first-order chi connectivity index (χ1) is 13.0. The van der Waals surface area contributed by atoms with Gasteiger partial charge < -0.3 is 5.32 Å². The van der Waals surface area contributed by atoms with Gasteiger partial charge in [0, 0.05) is 24.3 Å². The van der Waals surface area contributed by atoms with Crippen LogP contribution in [0, 0.1) is 6.92 Å². The van der Waals surface area contributed by atoms with E-state index in [1.807, 2.05) is 26.0 Å². The Kier molecular flexibility index (Phi) is 6.67. The van der Waals surface area contributed by atoms with Gasteiger partial charge in [-0.05, 0) is 47.7 Å². The van der Waals surface area contributed by atoms with Gasteiger partial charge in [0.25, 0.3) is 5.91 Å². The largest absolute Gasteiger partial charge is 0.322 e. The van der Waals surface area contributed by atoms with E-state index in [0.717, 1.165) is 5.56 Å². The zero-order valence-corrected chi connectivity index (χ0v) is 18.4. The summed E-state index contributed by atoms with van der Waals surface area (Å²) in [7, 11) is -3.59. The lowest BCUT2D eigenvalue weighted by Gasteiger charge is -2.20. The van der Waals surface area contributed by atoms with Gasteiger partial charge in [-0.25, -0.2) is 8.42 Å². The van der Waals surface area contributed by atoms with E-state index in [2.05, 4.69) is 26.1 Å². The van der Waals surface area contributed by atoms with Crippen LogP contribution in [0.15, 0.2) is 47.4 Å². The average molecular weight is 403 g/mol. The first-order valence-electron chi connectivity index (χ1n) is 9.53. The number of carbonyl (C=O) groups is 1. The molecule has 0 radical (unpaired) electrons. The number of nitrogens with zero attached hydrogens (tertiary/aromatic N) is 1. The van der Waals surface area contributed by atoms with E-state index in [9.17, 15) is 13.2 Å². The summed E-state index contributed by atoms with van der Waals surface area (Å²) < 4.78 is 27.1. The summed E-state index contributed by atoms with van der Waals surface area (Å²) in [4.78, 5) is 12.8.